The molecule has 0 aromatic carbocycles. The van der Waals surface area contributed by atoms with E-state index < -0.39 is 22.3 Å². The molecule has 0 spiro atoms. The second-order valence-electron chi connectivity index (χ2n) is 15.3. The normalized spacial score (nSPS) is 18.4. The van der Waals surface area contributed by atoms with Crippen molar-refractivity contribution in [3.8, 4) is 0 Å². The lowest BCUT2D eigenvalue weighted by Crippen LogP contribution is -2.15. The van der Waals surface area contributed by atoms with E-state index in [1.54, 1.807) is 22.8 Å². The Morgan fingerprint density at radius 3 is 1.43 bits per heavy atom. The van der Waals surface area contributed by atoms with Crippen LogP contribution in [0.5, 0.6) is 0 Å². The summed E-state index contributed by atoms with van der Waals surface area (Å²) in [5.41, 5.74) is 0. The van der Waals surface area contributed by atoms with Crippen molar-refractivity contribution in [3.63, 3.8) is 0 Å². The second kappa shape index (κ2) is 28.4. The summed E-state index contributed by atoms with van der Waals surface area (Å²) < 4.78 is 39.9. The highest BCUT2D eigenvalue weighted by atomic mass is 32.7. The molecule has 0 saturated heterocycles. The summed E-state index contributed by atoms with van der Waals surface area (Å²) in [6, 6.07) is 0. The van der Waals surface area contributed by atoms with Crippen LogP contribution >= 0.6 is 56.4 Å². The number of hydrogen-bond donors (Lipinski definition) is 0. The largest absolute Gasteiger partial charge is 0.345 e. The molecule has 0 bridgehead atoms. The van der Waals surface area contributed by atoms with Gasteiger partial charge in [0.15, 0.2) is 0 Å². The van der Waals surface area contributed by atoms with Gasteiger partial charge in [0, 0.05) is 36.0 Å². The first-order chi connectivity index (χ1) is 21.9. The Hall–Kier alpha value is 1.85. The Morgan fingerprint density at radius 2 is 0.957 bits per heavy atom. The SMILES string of the molecule is C=C(F)CCSP(CC(C)CSP(CC(C)CC(C)C)OC(C)CC(C)C)OC(C)CSP(OC(C)CC(C)C)OC(C)CC(C)C. The van der Waals surface area contributed by atoms with Gasteiger partial charge in [0.1, 0.15) is 0 Å². The van der Waals surface area contributed by atoms with Gasteiger partial charge >= 0.3 is 0 Å². The Labute approximate surface area is 308 Å². The fourth-order valence-corrected chi connectivity index (χ4v) is 18.5. The third-order valence-corrected chi connectivity index (χ3v) is 19.2. The van der Waals surface area contributed by atoms with Crippen LogP contribution in [0.4, 0.5) is 4.39 Å². The van der Waals surface area contributed by atoms with Gasteiger partial charge in [-0.3, -0.25) is 0 Å². The molecule has 0 heterocycles. The third kappa shape index (κ3) is 30.1. The van der Waals surface area contributed by atoms with E-state index in [1.165, 1.54) is 6.42 Å². The average molecular weight is 779 g/mol. The summed E-state index contributed by atoms with van der Waals surface area (Å²) >= 11 is 5.60. The lowest BCUT2D eigenvalue weighted by Gasteiger charge is -2.28. The van der Waals surface area contributed by atoms with Crippen molar-refractivity contribution in [1.82, 2.24) is 0 Å². The molecule has 0 N–H and O–H groups in total. The van der Waals surface area contributed by atoms with Gasteiger partial charge in [-0.05, 0) is 88.9 Å². The van der Waals surface area contributed by atoms with Gasteiger partial charge in [0.25, 0.3) is 0 Å². The molecular formula is C36H74FO4P3S3. The van der Waals surface area contributed by atoms with Gasteiger partial charge < -0.3 is 18.1 Å². The summed E-state index contributed by atoms with van der Waals surface area (Å²) in [5, 5.41) is 0. The Kier molecular flexibility index (Phi) is 29.5. The van der Waals surface area contributed by atoms with E-state index in [4.69, 9.17) is 18.1 Å². The molecule has 0 aromatic rings. The van der Waals surface area contributed by atoms with E-state index in [-0.39, 0.29) is 24.1 Å². The zero-order valence-electron chi connectivity index (χ0n) is 32.6. The summed E-state index contributed by atoms with van der Waals surface area (Å²) in [4.78, 5) is 0. The predicted molar refractivity (Wildman–Crippen MR) is 221 cm³/mol. The van der Waals surface area contributed by atoms with Crippen LogP contribution in [0.2, 0.25) is 0 Å². The molecule has 11 heteroatoms. The topological polar surface area (TPSA) is 36.9 Å². The number of hydrogen-bond acceptors (Lipinski definition) is 7. The van der Waals surface area contributed by atoms with Crippen LogP contribution in [0.1, 0.15) is 129 Å². The van der Waals surface area contributed by atoms with Crippen LogP contribution in [-0.2, 0) is 18.1 Å². The first-order valence-corrected chi connectivity index (χ1v) is 26.9. The molecule has 0 amide bonds. The lowest BCUT2D eigenvalue weighted by molar-refractivity contribution is 0.145. The van der Waals surface area contributed by atoms with Crippen molar-refractivity contribution in [3.05, 3.63) is 12.4 Å². The second-order valence-corrected chi connectivity index (χ2v) is 26.2. The van der Waals surface area contributed by atoms with Crippen molar-refractivity contribution in [1.29, 1.82) is 0 Å². The maximum Gasteiger partial charge on any atom is 0.238 e. The highest BCUT2D eigenvalue weighted by Gasteiger charge is 2.25. The lowest BCUT2D eigenvalue weighted by atomic mass is 10.0. The fraction of sp³-hybridized carbons (Fsp3) is 0.944. The van der Waals surface area contributed by atoms with Crippen molar-refractivity contribution in [2.75, 3.05) is 29.6 Å². The third-order valence-electron chi connectivity index (χ3n) is 6.86. The molecule has 0 rings (SSSR count). The van der Waals surface area contributed by atoms with Crippen LogP contribution in [0.25, 0.3) is 0 Å². The first-order valence-electron chi connectivity index (χ1n) is 18.1. The average Bonchev–Trinajstić information content (AvgIpc) is 2.88. The Bertz CT molecular complexity index is 696. The quantitative estimate of drug-likeness (QED) is 0.0672. The van der Waals surface area contributed by atoms with Crippen molar-refractivity contribution >= 4 is 56.4 Å². The van der Waals surface area contributed by atoms with Crippen molar-refractivity contribution in [2.24, 2.45) is 35.5 Å². The molecule has 4 nitrogen and oxygen atoms in total. The molecular weight excluding hydrogens is 705 g/mol. The maximum atomic E-state index is 13.5. The molecule has 0 aliphatic carbocycles. The summed E-state index contributed by atoms with van der Waals surface area (Å²) in [6.07, 6.45) is 7.58. The molecule has 0 radical (unpaired) electrons. The first kappa shape index (κ1) is 48.9. The zero-order valence-corrected chi connectivity index (χ0v) is 37.8. The monoisotopic (exact) mass is 778 g/mol. The molecule has 282 valence electrons. The molecule has 0 aliphatic rings. The summed E-state index contributed by atoms with van der Waals surface area (Å²) in [6.45, 7) is 35.1. The molecule has 0 aliphatic heterocycles. The van der Waals surface area contributed by atoms with Crippen LogP contribution in [0.3, 0.4) is 0 Å². The van der Waals surface area contributed by atoms with Crippen LogP contribution in [0, 0.1) is 35.5 Å². The molecule has 8 atom stereocenters. The van der Waals surface area contributed by atoms with E-state index in [9.17, 15) is 4.39 Å². The molecule has 47 heavy (non-hydrogen) atoms. The molecule has 0 saturated carbocycles. The fourth-order valence-electron chi connectivity index (χ4n) is 5.26. The van der Waals surface area contributed by atoms with E-state index in [2.05, 4.69) is 104 Å². The highest BCUT2D eigenvalue weighted by Crippen LogP contribution is 2.59. The summed E-state index contributed by atoms with van der Waals surface area (Å²) in [5.74, 6) is 5.98. The van der Waals surface area contributed by atoms with E-state index in [1.807, 2.05) is 11.4 Å². The van der Waals surface area contributed by atoms with E-state index in [0.29, 0.717) is 53.8 Å². The van der Waals surface area contributed by atoms with Crippen LogP contribution in [-0.4, -0.2) is 54.0 Å². The molecule has 8 unspecified atom stereocenters. The van der Waals surface area contributed by atoms with Gasteiger partial charge in [-0.15, -0.1) is 22.8 Å². The minimum Gasteiger partial charge on any atom is -0.345 e. The number of allylic oxidation sites excluding steroid dienone is 1. The van der Waals surface area contributed by atoms with Crippen molar-refractivity contribution in [2.45, 2.75) is 153 Å². The van der Waals surface area contributed by atoms with Gasteiger partial charge in [0.05, 0.1) is 44.9 Å². The highest BCUT2D eigenvalue weighted by molar-refractivity contribution is 8.55. The van der Waals surface area contributed by atoms with Gasteiger partial charge in [-0.25, -0.2) is 4.39 Å². The Morgan fingerprint density at radius 1 is 0.532 bits per heavy atom. The number of halogens is 1. The van der Waals surface area contributed by atoms with Crippen molar-refractivity contribution < 1.29 is 22.5 Å². The van der Waals surface area contributed by atoms with Crippen LogP contribution < -0.4 is 0 Å². The molecule has 0 fully saturated rings. The smallest absolute Gasteiger partial charge is 0.238 e. The predicted octanol–water partition coefficient (Wildman–Crippen LogP) is 15.0. The molecule has 0 aromatic heterocycles. The van der Waals surface area contributed by atoms with Gasteiger partial charge in [-0.1, -0.05) is 87.2 Å². The Balaban J connectivity index is 5.38. The number of rotatable bonds is 30. The summed E-state index contributed by atoms with van der Waals surface area (Å²) in [7, 11) is -2.39. The van der Waals surface area contributed by atoms with E-state index >= 15 is 0 Å². The standard InChI is InChI=1S/C36H74FO4P3S3/c1-26(2)18-30(9)22-43(38-33(12)19-27(3)4)46-24-31(10)23-42(45-17-16-32(11)37)39-36(15)25-47-44(40-34(13)20-28(5)6)41-35(14)21-29(7)8/h26-31,33-36H,11,16-25H2,1-10,12-15H3. The van der Waals surface area contributed by atoms with E-state index in [0.717, 1.165) is 43.1 Å². The van der Waals surface area contributed by atoms with Gasteiger partial charge in [0.2, 0.25) is 7.58 Å². The minimum atomic E-state index is -1.07. The minimum absolute atomic E-state index is 0.0549. The van der Waals surface area contributed by atoms with Gasteiger partial charge in [-0.2, -0.15) is 0 Å². The maximum absolute atomic E-state index is 13.5. The van der Waals surface area contributed by atoms with Crippen LogP contribution in [0.15, 0.2) is 12.4 Å². The zero-order chi connectivity index (χ0) is 36.1.